The maximum absolute atomic E-state index is 2.69. The molecule has 0 nitrogen and oxygen atoms in total. The summed E-state index contributed by atoms with van der Waals surface area (Å²) in [7, 11) is 0. The lowest BCUT2D eigenvalue weighted by Gasteiger charge is -2.47. The van der Waals surface area contributed by atoms with Crippen LogP contribution in [0.4, 0.5) is 0 Å². The number of allylic oxidation sites excluding steroid dienone is 4. The van der Waals surface area contributed by atoms with Crippen LogP contribution in [-0.2, 0) is 0 Å². The second-order valence-corrected chi connectivity index (χ2v) is 9.67. The van der Waals surface area contributed by atoms with Crippen LogP contribution in [0.1, 0.15) is 109 Å². The molecule has 0 N–H and O–H groups in total. The number of hydrogen-bond acceptors (Lipinski definition) is 0. The zero-order valence-corrected chi connectivity index (χ0v) is 16.4. The van der Waals surface area contributed by atoms with Gasteiger partial charge >= 0.3 is 0 Å². The Labute approximate surface area is 156 Å². The minimum absolute atomic E-state index is 0.491. The van der Waals surface area contributed by atoms with Gasteiger partial charge in [0.25, 0.3) is 0 Å². The topological polar surface area (TPSA) is 0 Å². The summed E-state index contributed by atoms with van der Waals surface area (Å²) in [4.78, 5) is 0. The van der Waals surface area contributed by atoms with Crippen LogP contribution in [0.3, 0.4) is 0 Å². The Balaban J connectivity index is 1.60. The van der Waals surface area contributed by atoms with Crippen molar-refractivity contribution in [1.29, 1.82) is 0 Å². The third-order valence-electron chi connectivity index (χ3n) is 7.91. The van der Waals surface area contributed by atoms with Crippen LogP contribution < -0.4 is 0 Å². The van der Waals surface area contributed by atoms with Gasteiger partial charge in [-0.2, -0.15) is 0 Å². The summed E-state index contributed by atoms with van der Waals surface area (Å²) in [6.45, 7) is 0. The lowest BCUT2D eigenvalue weighted by Crippen LogP contribution is -2.37. The van der Waals surface area contributed by atoms with Crippen molar-refractivity contribution >= 4 is 0 Å². The van der Waals surface area contributed by atoms with E-state index in [2.05, 4.69) is 18.2 Å². The van der Waals surface area contributed by atoms with E-state index >= 15 is 0 Å². The largest absolute Gasteiger partial charge is 0.0777 e. The van der Waals surface area contributed by atoms with Gasteiger partial charge < -0.3 is 0 Å². The normalized spacial score (nSPS) is 38.2. The Hall–Kier alpha value is -0.520. The zero-order valence-electron chi connectivity index (χ0n) is 16.4. The summed E-state index contributed by atoms with van der Waals surface area (Å²) in [6, 6.07) is 0. The summed E-state index contributed by atoms with van der Waals surface area (Å²) in [5.41, 5.74) is 2.26. The molecule has 4 rings (SSSR count). The molecule has 0 spiro atoms. The van der Waals surface area contributed by atoms with E-state index in [9.17, 15) is 0 Å². The van der Waals surface area contributed by atoms with Gasteiger partial charge in [-0.1, -0.05) is 88.0 Å². The zero-order chi connectivity index (χ0) is 17.0. The minimum atomic E-state index is 0.491. The summed E-state index contributed by atoms with van der Waals surface area (Å²) in [5.74, 6) is 3.93. The number of hydrogen-bond donors (Lipinski definition) is 0. The van der Waals surface area contributed by atoms with Crippen LogP contribution in [-0.4, -0.2) is 0 Å². The van der Waals surface area contributed by atoms with Crippen LogP contribution in [0.5, 0.6) is 0 Å². The first-order valence-corrected chi connectivity index (χ1v) is 11.6. The first kappa shape index (κ1) is 17.9. The van der Waals surface area contributed by atoms with Crippen LogP contribution in [0.15, 0.2) is 23.8 Å². The van der Waals surface area contributed by atoms with E-state index in [0.717, 1.165) is 11.8 Å². The second kappa shape index (κ2) is 8.45. The molecule has 4 aliphatic carbocycles. The Kier molecular flexibility index (Phi) is 6.04. The van der Waals surface area contributed by atoms with Crippen molar-refractivity contribution in [1.82, 2.24) is 0 Å². The molecule has 139 valence electrons. The molecule has 4 aliphatic rings. The van der Waals surface area contributed by atoms with Crippen LogP contribution in [0, 0.1) is 23.2 Å². The molecule has 0 heterocycles. The average molecular weight is 340 g/mol. The molecule has 1 radical (unpaired) electrons. The highest BCUT2D eigenvalue weighted by Crippen LogP contribution is 2.54. The number of rotatable bonds is 1. The van der Waals surface area contributed by atoms with Gasteiger partial charge in [-0.15, -0.1) is 0 Å². The van der Waals surface area contributed by atoms with Gasteiger partial charge in [-0.3, -0.25) is 0 Å². The van der Waals surface area contributed by atoms with E-state index in [0.29, 0.717) is 5.41 Å². The molecule has 0 amide bonds. The Bertz CT molecular complexity index is 484. The van der Waals surface area contributed by atoms with Crippen molar-refractivity contribution in [3.63, 3.8) is 0 Å². The van der Waals surface area contributed by atoms with Gasteiger partial charge in [-0.25, -0.2) is 0 Å². The second-order valence-electron chi connectivity index (χ2n) is 9.67. The molecule has 4 bridgehead atoms. The standard InChI is InChI=1S/C25H39/c1-2-7-16-24(23-15-9-13-21(19-23)11-5-1)25-17-8-4-3-6-12-22(20-25)14-10-18-25/h10,14,18,21,24H,1-9,11-13,15-17,19-20H2. The Morgan fingerprint density at radius 1 is 0.760 bits per heavy atom. The van der Waals surface area contributed by atoms with E-state index < -0.39 is 0 Å². The molecule has 0 aromatic carbocycles. The fourth-order valence-corrected chi connectivity index (χ4v) is 6.62. The van der Waals surface area contributed by atoms with Gasteiger partial charge in [0.05, 0.1) is 0 Å². The predicted molar refractivity (Wildman–Crippen MR) is 108 cm³/mol. The monoisotopic (exact) mass is 339 g/mol. The molecule has 0 heteroatoms. The van der Waals surface area contributed by atoms with Gasteiger partial charge in [0.1, 0.15) is 0 Å². The fraction of sp³-hybridized carbons (Fsp3) is 0.800. The molecule has 0 saturated heterocycles. The molecule has 0 aliphatic heterocycles. The van der Waals surface area contributed by atoms with Crippen molar-refractivity contribution in [2.24, 2.45) is 17.3 Å². The van der Waals surface area contributed by atoms with Crippen molar-refractivity contribution < 1.29 is 0 Å². The minimum Gasteiger partial charge on any atom is -0.0777 e. The van der Waals surface area contributed by atoms with Crippen LogP contribution in [0.2, 0.25) is 0 Å². The maximum atomic E-state index is 2.69. The lowest BCUT2D eigenvalue weighted by molar-refractivity contribution is 0.158. The van der Waals surface area contributed by atoms with Crippen LogP contribution >= 0.6 is 0 Å². The predicted octanol–water partition coefficient (Wildman–Crippen LogP) is 7.95. The maximum Gasteiger partial charge on any atom is -0.00442 e. The van der Waals surface area contributed by atoms with E-state index in [4.69, 9.17) is 0 Å². The molecule has 0 aromatic heterocycles. The van der Waals surface area contributed by atoms with Gasteiger partial charge in [0.2, 0.25) is 0 Å². The third kappa shape index (κ3) is 4.25. The molecule has 25 heavy (non-hydrogen) atoms. The number of fused-ring (bicyclic) bond motifs is 4. The molecule has 3 atom stereocenters. The van der Waals surface area contributed by atoms with E-state index in [1.54, 1.807) is 5.57 Å². The SMILES string of the molecule is C1=CC2(C3CCCCCCC4CCC[C]3C4)CCCCCCC(=C1)C2. The average Bonchev–Trinajstić information content (AvgIpc) is 2.70. The molecule has 3 saturated carbocycles. The Morgan fingerprint density at radius 2 is 1.56 bits per heavy atom. The van der Waals surface area contributed by atoms with E-state index in [-0.39, 0.29) is 0 Å². The highest BCUT2D eigenvalue weighted by atomic mass is 14.5. The van der Waals surface area contributed by atoms with E-state index in [1.165, 1.54) is 109 Å². The van der Waals surface area contributed by atoms with E-state index in [1.807, 2.05) is 5.92 Å². The first-order valence-electron chi connectivity index (χ1n) is 11.6. The summed E-state index contributed by atoms with van der Waals surface area (Å²) < 4.78 is 0. The third-order valence-corrected chi connectivity index (χ3v) is 7.91. The molecule has 3 fully saturated rings. The van der Waals surface area contributed by atoms with Crippen molar-refractivity contribution in [2.45, 2.75) is 109 Å². The smallest absolute Gasteiger partial charge is 0.00442 e. The summed E-state index contributed by atoms with van der Waals surface area (Å²) in [5, 5.41) is 0. The van der Waals surface area contributed by atoms with Crippen molar-refractivity contribution in [3.05, 3.63) is 29.7 Å². The van der Waals surface area contributed by atoms with Gasteiger partial charge in [0, 0.05) is 0 Å². The van der Waals surface area contributed by atoms with Crippen LogP contribution in [0.25, 0.3) is 0 Å². The molecule has 0 aromatic rings. The van der Waals surface area contributed by atoms with Gasteiger partial charge in [-0.05, 0) is 68.1 Å². The van der Waals surface area contributed by atoms with Crippen molar-refractivity contribution in [2.75, 3.05) is 0 Å². The highest BCUT2D eigenvalue weighted by Gasteiger charge is 2.43. The fourth-order valence-electron chi connectivity index (χ4n) is 6.62. The van der Waals surface area contributed by atoms with Gasteiger partial charge in [0.15, 0.2) is 0 Å². The molecular formula is C25H39. The molecular weight excluding hydrogens is 300 g/mol. The summed E-state index contributed by atoms with van der Waals surface area (Å²) in [6.07, 6.45) is 32.6. The van der Waals surface area contributed by atoms with Crippen molar-refractivity contribution in [3.8, 4) is 0 Å². The first-order chi connectivity index (χ1) is 12.4. The highest BCUT2D eigenvalue weighted by molar-refractivity contribution is 5.27. The quantitative estimate of drug-likeness (QED) is 0.454. The summed E-state index contributed by atoms with van der Waals surface area (Å²) >= 11 is 0. The lowest BCUT2D eigenvalue weighted by atomic mass is 9.57. The Morgan fingerprint density at radius 3 is 2.52 bits per heavy atom. The molecule has 3 unspecified atom stereocenters.